The highest BCUT2D eigenvalue weighted by molar-refractivity contribution is 14.1. The third kappa shape index (κ3) is 4.73. The molecular formula is C17H22I2. The average molecular weight is 480 g/mol. The van der Waals surface area contributed by atoms with Gasteiger partial charge in [-0.3, -0.25) is 0 Å². The molecular weight excluding hydrogens is 458 g/mol. The van der Waals surface area contributed by atoms with Crippen LogP contribution in [-0.4, -0.2) is 3.92 Å². The van der Waals surface area contributed by atoms with Crippen molar-refractivity contribution in [3.63, 3.8) is 0 Å². The summed E-state index contributed by atoms with van der Waals surface area (Å²) < 4.78 is 2.19. The zero-order chi connectivity index (χ0) is 13.9. The van der Waals surface area contributed by atoms with E-state index < -0.39 is 0 Å². The Bertz CT molecular complexity index is 443. The molecule has 2 rings (SSSR count). The predicted octanol–water partition coefficient (Wildman–Crippen LogP) is 6.26. The van der Waals surface area contributed by atoms with Crippen LogP contribution < -0.4 is 0 Å². The molecule has 19 heavy (non-hydrogen) atoms. The highest BCUT2D eigenvalue weighted by atomic mass is 127. The number of hydrogen-bond donors (Lipinski definition) is 0. The van der Waals surface area contributed by atoms with Crippen molar-refractivity contribution in [1.82, 2.24) is 0 Å². The lowest BCUT2D eigenvalue weighted by Gasteiger charge is -2.27. The summed E-state index contributed by atoms with van der Waals surface area (Å²) in [5, 5.41) is 0. The number of alkyl halides is 1. The molecule has 1 atom stereocenters. The Hall–Kier alpha value is 0.420. The van der Waals surface area contributed by atoms with Gasteiger partial charge in [-0.15, -0.1) is 0 Å². The lowest BCUT2D eigenvalue weighted by molar-refractivity contribution is 0.472. The molecule has 0 bridgehead atoms. The van der Waals surface area contributed by atoms with Gasteiger partial charge < -0.3 is 0 Å². The van der Waals surface area contributed by atoms with Gasteiger partial charge in [-0.05, 0) is 77.8 Å². The molecule has 0 amide bonds. The van der Waals surface area contributed by atoms with Gasteiger partial charge in [0.2, 0.25) is 0 Å². The highest BCUT2D eigenvalue weighted by Crippen LogP contribution is 2.33. The van der Waals surface area contributed by atoms with Gasteiger partial charge in [0.25, 0.3) is 0 Å². The molecule has 1 aliphatic carbocycles. The molecule has 0 nitrogen and oxygen atoms in total. The molecule has 1 aromatic rings. The van der Waals surface area contributed by atoms with Crippen molar-refractivity contribution in [2.75, 3.05) is 0 Å². The van der Waals surface area contributed by atoms with Crippen molar-refractivity contribution >= 4 is 45.2 Å². The van der Waals surface area contributed by atoms with E-state index >= 15 is 0 Å². The average Bonchev–Trinajstić information content (AvgIpc) is 2.39. The second kappa shape index (κ2) is 6.92. The minimum atomic E-state index is 0.284. The number of hydrogen-bond acceptors (Lipinski definition) is 0. The van der Waals surface area contributed by atoms with E-state index in [1.165, 1.54) is 41.2 Å². The Kier molecular flexibility index (Phi) is 5.76. The van der Waals surface area contributed by atoms with Crippen molar-refractivity contribution in [2.45, 2.75) is 55.3 Å². The number of benzene rings is 1. The first-order valence-electron chi connectivity index (χ1n) is 7.05. The molecule has 0 spiro atoms. The van der Waals surface area contributed by atoms with Crippen LogP contribution in [-0.2, 0) is 5.41 Å². The van der Waals surface area contributed by atoms with Gasteiger partial charge in [-0.1, -0.05) is 60.2 Å². The van der Waals surface area contributed by atoms with Crippen molar-refractivity contribution < 1.29 is 0 Å². The van der Waals surface area contributed by atoms with E-state index in [9.17, 15) is 0 Å². The highest BCUT2D eigenvalue weighted by Gasteiger charge is 2.21. The van der Waals surface area contributed by atoms with Crippen LogP contribution in [0.15, 0.2) is 35.9 Å². The topological polar surface area (TPSA) is 0 Å². The number of halogens is 2. The first kappa shape index (κ1) is 15.8. The molecule has 0 aliphatic heterocycles. The minimum Gasteiger partial charge on any atom is -0.0843 e. The summed E-state index contributed by atoms with van der Waals surface area (Å²) in [6, 6.07) is 9.02. The third-order valence-corrected chi connectivity index (χ3v) is 5.99. The van der Waals surface area contributed by atoms with Crippen LogP contribution >= 0.6 is 45.2 Å². The molecule has 0 saturated carbocycles. The Labute approximate surface area is 144 Å². The van der Waals surface area contributed by atoms with Gasteiger partial charge in [0.1, 0.15) is 0 Å². The first-order chi connectivity index (χ1) is 8.97. The predicted molar refractivity (Wildman–Crippen MR) is 101 cm³/mol. The minimum absolute atomic E-state index is 0.284. The summed E-state index contributed by atoms with van der Waals surface area (Å²) in [6.45, 7) is 4.75. The molecule has 1 unspecified atom stereocenters. The van der Waals surface area contributed by atoms with Gasteiger partial charge in [0, 0.05) is 7.49 Å². The second-order valence-corrected chi connectivity index (χ2v) is 9.13. The zero-order valence-corrected chi connectivity index (χ0v) is 16.1. The van der Waals surface area contributed by atoms with Gasteiger partial charge in [0.15, 0.2) is 0 Å². The van der Waals surface area contributed by atoms with Crippen LogP contribution in [0.25, 0.3) is 0 Å². The van der Waals surface area contributed by atoms with Crippen molar-refractivity contribution in [3.05, 3.63) is 45.0 Å². The molecule has 0 saturated heterocycles. The molecule has 104 valence electrons. The molecule has 0 N–H and O–H groups in total. The fraction of sp³-hybridized carbons (Fsp3) is 0.529. The Morgan fingerprint density at radius 3 is 2.47 bits per heavy atom. The van der Waals surface area contributed by atoms with Gasteiger partial charge in [-0.25, -0.2) is 0 Å². The standard InChI is InChI=1S/C17H22I2/c1-17(2,14-5-9-16(19)10-6-14)12-11-13-3-7-15(18)8-4-13/h3,5-6,9-10,15H,4,7-8,11-12H2,1-2H3. The Morgan fingerprint density at radius 2 is 1.89 bits per heavy atom. The summed E-state index contributed by atoms with van der Waals surface area (Å²) in [5.41, 5.74) is 3.44. The van der Waals surface area contributed by atoms with Crippen LogP contribution in [0.3, 0.4) is 0 Å². The van der Waals surface area contributed by atoms with Gasteiger partial charge in [0.05, 0.1) is 0 Å². The second-order valence-electron chi connectivity index (χ2n) is 6.12. The SMILES string of the molecule is CC(C)(CCC1=CCC(I)CC1)c1ccc(I)cc1. The Balaban J connectivity index is 1.96. The van der Waals surface area contributed by atoms with E-state index in [-0.39, 0.29) is 5.41 Å². The van der Waals surface area contributed by atoms with E-state index in [2.05, 4.69) is 89.4 Å². The molecule has 2 heteroatoms. The van der Waals surface area contributed by atoms with Crippen molar-refractivity contribution in [3.8, 4) is 0 Å². The van der Waals surface area contributed by atoms with Gasteiger partial charge >= 0.3 is 0 Å². The van der Waals surface area contributed by atoms with Crippen molar-refractivity contribution in [1.29, 1.82) is 0 Å². The molecule has 0 fully saturated rings. The quantitative estimate of drug-likeness (QED) is 0.271. The van der Waals surface area contributed by atoms with Crippen LogP contribution in [0, 0.1) is 3.57 Å². The maximum atomic E-state index is 2.58. The van der Waals surface area contributed by atoms with Crippen LogP contribution in [0.5, 0.6) is 0 Å². The normalized spacial score (nSPS) is 20.2. The van der Waals surface area contributed by atoms with Crippen molar-refractivity contribution in [2.24, 2.45) is 0 Å². The fourth-order valence-corrected chi connectivity index (χ4v) is 3.53. The molecule has 0 radical (unpaired) electrons. The summed E-state index contributed by atoms with van der Waals surface area (Å²) in [7, 11) is 0. The zero-order valence-electron chi connectivity index (χ0n) is 11.8. The van der Waals surface area contributed by atoms with E-state index in [0.717, 1.165) is 3.92 Å². The summed E-state index contributed by atoms with van der Waals surface area (Å²) >= 11 is 4.95. The van der Waals surface area contributed by atoms with E-state index in [1.54, 1.807) is 5.57 Å². The summed E-state index contributed by atoms with van der Waals surface area (Å²) in [4.78, 5) is 0. The first-order valence-corrected chi connectivity index (χ1v) is 9.38. The third-order valence-electron chi connectivity index (χ3n) is 4.14. The maximum absolute atomic E-state index is 2.58. The van der Waals surface area contributed by atoms with Crippen LogP contribution in [0.1, 0.15) is 51.5 Å². The fourth-order valence-electron chi connectivity index (χ4n) is 2.60. The molecule has 1 aromatic carbocycles. The van der Waals surface area contributed by atoms with Gasteiger partial charge in [-0.2, -0.15) is 0 Å². The smallest absolute Gasteiger partial charge is 0.0147 e. The van der Waals surface area contributed by atoms with Crippen LogP contribution in [0.4, 0.5) is 0 Å². The van der Waals surface area contributed by atoms with Crippen LogP contribution in [0.2, 0.25) is 0 Å². The largest absolute Gasteiger partial charge is 0.0843 e. The molecule has 1 aliphatic rings. The van der Waals surface area contributed by atoms with E-state index in [0.29, 0.717) is 0 Å². The lowest BCUT2D eigenvalue weighted by Crippen LogP contribution is -2.17. The molecule has 0 aromatic heterocycles. The lowest BCUT2D eigenvalue weighted by atomic mass is 9.78. The number of rotatable bonds is 4. The Morgan fingerprint density at radius 1 is 1.21 bits per heavy atom. The maximum Gasteiger partial charge on any atom is 0.0147 e. The number of allylic oxidation sites excluding steroid dienone is 2. The van der Waals surface area contributed by atoms with E-state index in [4.69, 9.17) is 0 Å². The van der Waals surface area contributed by atoms with E-state index in [1.807, 2.05) is 0 Å². The summed E-state index contributed by atoms with van der Waals surface area (Å²) in [6.07, 6.45) is 8.98. The molecule has 0 heterocycles. The monoisotopic (exact) mass is 480 g/mol. The summed E-state index contributed by atoms with van der Waals surface area (Å²) in [5.74, 6) is 0.